The van der Waals surface area contributed by atoms with Gasteiger partial charge in [-0.1, -0.05) is 0 Å². The molecule has 0 spiro atoms. The number of nitrogens with zero attached hydrogens (tertiary/aromatic N) is 1. The van der Waals surface area contributed by atoms with Crippen LogP contribution in [0.15, 0.2) is 29.2 Å². The highest BCUT2D eigenvalue weighted by molar-refractivity contribution is 7.86. The van der Waals surface area contributed by atoms with Gasteiger partial charge in [-0.25, -0.2) is 9.00 Å². The number of hydrogen-bond acceptors (Lipinski definition) is 4. The molecule has 2 rings (SSSR count). The zero-order valence-corrected chi connectivity index (χ0v) is 12.7. The minimum Gasteiger partial charge on any atom is -0.442 e. The first-order chi connectivity index (χ1) is 10.7. The Bertz CT molecular complexity index is 633. The summed E-state index contributed by atoms with van der Waals surface area (Å²) in [5, 5.41) is 2.51. The maximum absolute atomic E-state index is 12.4. The van der Waals surface area contributed by atoms with Crippen molar-refractivity contribution in [3.63, 3.8) is 0 Å². The average molecular weight is 350 g/mol. The summed E-state index contributed by atoms with van der Waals surface area (Å²) in [5.74, 6) is -0.265. The van der Waals surface area contributed by atoms with Gasteiger partial charge >= 0.3 is 11.6 Å². The fourth-order valence-corrected chi connectivity index (χ4v) is 2.63. The van der Waals surface area contributed by atoms with E-state index in [-0.39, 0.29) is 19.0 Å². The first-order valence-electron chi connectivity index (χ1n) is 6.49. The zero-order chi connectivity index (χ0) is 17.2. The van der Waals surface area contributed by atoms with E-state index in [0.717, 1.165) is 12.1 Å². The number of rotatable bonds is 4. The molecule has 0 aromatic heterocycles. The Balaban J connectivity index is 2.06. The van der Waals surface area contributed by atoms with Crippen LogP contribution in [0.5, 0.6) is 0 Å². The topological polar surface area (TPSA) is 75.7 Å². The molecule has 0 saturated carbocycles. The molecule has 1 N–H and O–H groups in total. The van der Waals surface area contributed by atoms with E-state index in [0.29, 0.717) is 5.69 Å². The minimum atomic E-state index is -4.84. The molecule has 23 heavy (non-hydrogen) atoms. The Morgan fingerprint density at radius 3 is 2.52 bits per heavy atom. The number of ether oxygens (including phenoxy) is 1. The molecule has 1 heterocycles. The number of anilines is 1. The van der Waals surface area contributed by atoms with Crippen LogP contribution in [0.4, 0.5) is 23.7 Å². The van der Waals surface area contributed by atoms with Gasteiger partial charge in [0.1, 0.15) is 6.10 Å². The molecular weight excluding hydrogens is 337 g/mol. The second kappa shape index (κ2) is 6.57. The molecule has 126 valence electrons. The molecule has 1 aromatic carbocycles. The summed E-state index contributed by atoms with van der Waals surface area (Å²) in [4.78, 5) is 23.4. The van der Waals surface area contributed by atoms with Crippen molar-refractivity contribution < 1.29 is 31.7 Å². The highest BCUT2D eigenvalue weighted by atomic mass is 32.2. The number of amides is 2. The number of carbonyl (C=O) groups is 2. The highest BCUT2D eigenvalue weighted by Crippen LogP contribution is 2.28. The predicted octanol–water partition coefficient (Wildman–Crippen LogP) is 1.78. The first kappa shape index (κ1) is 17.3. The van der Waals surface area contributed by atoms with Crippen LogP contribution < -0.4 is 10.2 Å². The number of alkyl halides is 3. The molecule has 1 aliphatic heterocycles. The van der Waals surface area contributed by atoms with Gasteiger partial charge < -0.3 is 10.1 Å². The second-order valence-corrected chi connectivity index (χ2v) is 6.23. The van der Waals surface area contributed by atoms with Crippen LogP contribution in [-0.2, 0) is 20.3 Å². The maximum atomic E-state index is 12.4. The lowest BCUT2D eigenvalue weighted by molar-refractivity contribution is -0.119. The van der Waals surface area contributed by atoms with E-state index < -0.39 is 33.4 Å². The molecule has 1 fully saturated rings. The molecule has 0 bridgehead atoms. The van der Waals surface area contributed by atoms with Crippen molar-refractivity contribution in [3.05, 3.63) is 24.3 Å². The highest BCUT2D eigenvalue weighted by Gasteiger charge is 2.38. The molecule has 2 atom stereocenters. The predicted molar refractivity (Wildman–Crippen MR) is 75.2 cm³/mol. The molecule has 2 amide bonds. The number of carbonyl (C=O) groups excluding carboxylic acids is 2. The van der Waals surface area contributed by atoms with Gasteiger partial charge in [0.2, 0.25) is 5.91 Å². The standard InChI is InChI=1S/C13H13F3N2O4S/c1-8(19)17-6-10-7-18(12(20)22-10)9-2-4-11(5-3-9)23(21)13(14,15)16/h2-5,10H,6-7H2,1H3,(H,17,19)/t10-,23?/m0/s1. The van der Waals surface area contributed by atoms with E-state index in [9.17, 15) is 27.0 Å². The fraction of sp³-hybridized carbons (Fsp3) is 0.385. The quantitative estimate of drug-likeness (QED) is 0.898. The van der Waals surface area contributed by atoms with Gasteiger partial charge in [-0.05, 0) is 24.3 Å². The van der Waals surface area contributed by atoms with Crippen molar-refractivity contribution >= 4 is 28.5 Å². The van der Waals surface area contributed by atoms with Gasteiger partial charge in [0.15, 0.2) is 10.8 Å². The van der Waals surface area contributed by atoms with Crippen LogP contribution >= 0.6 is 0 Å². The van der Waals surface area contributed by atoms with Crippen molar-refractivity contribution in [2.24, 2.45) is 0 Å². The minimum absolute atomic E-state index is 0.147. The fourth-order valence-electron chi connectivity index (χ4n) is 1.98. The molecule has 6 nitrogen and oxygen atoms in total. The number of hydrogen-bond donors (Lipinski definition) is 1. The summed E-state index contributed by atoms with van der Waals surface area (Å²) in [6, 6.07) is 4.63. The third-order valence-corrected chi connectivity index (χ3v) is 4.15. The lowest BCUT2D eigenvalue weighted by Crippen LogP contribution is -2.33. The van der Waals surface area contributed by atoms with Gasteiger partial charge in [0.25, 0.3) is 0 Å². The summed E-state index contributed by atoms with van der Waals surface area (Å²) >= 11 is 0. The largest absolute Gasteiger partial charge is 0.475 e. The van der Waals surface area contributed by atoms with Gasteiger partial charge in [-0.2, -0.15) is 13.2 Å². The van der Waals surface area contributed by atoms with Gasteiger partial charge in [-0.15, -0.1) is 0 Å². The third-order valence-electron chi connectivity index (χ3n) is 3.03. The SMILES string of the molecule is CC(=O)NC[C@H]1CN(c2ccc(S(=O)C(F)(F)F)cc2)C(=O)O1. The van der Waals surface area contributed by atoms with E-state index in [1.54, 1.807) is 0 Å². The molecular formula is C13H13F3N2O4S. The van der Waals surface area contributed by atoms with Crippen molar-refractivity contribution in [1.82, 2.24) is 5.32 Å². The van der Waals surface area contributed by atoms with Gasteiger partial charge in [-0.3, -0.25) is 9.69 Å². The molecule has 1 saturated heterocycles. The van der Waals surface area contributed by atoms with E-state index in [1.807, 2.05) is 0 Å². The Morgan fingerprint density at radius 1 is 1.39 bits per heavy atom. The molecule has 1 aliphatic rings. The molecule has 1 unspecified atom stereocenters. The van der Waals surface area contributed by atoms with Crippen LogP contribution in [0.2, 0.25) is 0 Å². The molecule has 0 aliphatic carbocycles. The number of nitrogens with one attached hydrogen (secondary N) is 1. The lowest BCUT2D eigenvalue weighted by Gasteiger charge is -2.14. The van der Waals surface area contributed by atoms with Crippen molar-refractivity contribution in [2.75, 3.05) is 18.0 Å². The Hall–Kier alpha value is -2.10. The summed E-state index contributed by atoms with van der Waals surface area (Å²) in [5.41, 5.74) is -4.51. The smallest absolute Gasteiger partial charge is 0.442 e. The monoisotopic (exact) mass is 350 g/mol. The summed E-state index contributed by atoms with van der Waals surface area (Å²) in [6.07, 6.45) is -1.21. The van der Waals surface area contributed by atoms with E-state index in [4.69, 9.17) is 4.74 Å². The van der Waals surface area contributed by atoms with Gasteiger partial charge in [0, 0.05) is 17.5 Å². The normalized spacial score (nSPS) is 19.4. The van der Waals surface area contributed by atoms with Crippen LogP contribution in [0.3, 0.4) is 0 Å². The van der Waals surface area contributed by atoms with E-state index in [2.05, 4.69) is 5.32 Å². The third kappa shape index (κ3) is 4.21. The number of cyclic esters (lactones) is 1. The van der Waals surface area contributed by atoms with Crippen LogP contribution in [-0.4, -0.2) is 40.9 Å². The van der Waals surface area contributed by atoms with Crippen molar-refractivity contribution in [2.45, 2.75) is 23.4 Å². The van der Waals surface area contributed by atoms with Gasteiger partial charge in [0.05, 0.1) is 13.1 Å². The Morgan fingerprint density at radius 2 is 2.00 bits per heavy atom. The lowest BCUT2D eigenvalue weighted by atomic mass is 10.2. The zero-order valence-electron chi connectivity index (χ0n) is 11.9. The number of benzene rings is 1. The van der Waals surface area contributed by atoms with Crippen molar-refractivity contribution in [3.8, 4) is 0 Å². The first-order valence-corrected chi connectivity index (χ1v) is 7.64. The molecule has 10 heteroatoms. The van der Waals surface area contributed by atoms with Crippen LogP contribution in [0.25, 0.3) is 0 Å². The maximum Gasteiger partial charge on any atom is 0.475 e. The summed E-state index contributed by atoms with van der Waals surface area (Å²) in [7, 11) is -3.12. The molecule has 1 aromatic rings. The Kier molecular flexibility index (Phi) is 4.93. The number of halogens is 3. The summed E-state index contributed by atoms with van der Waals surface area (Å²) in [6.45, 7) is 1.63. The van der Waals surface area contributed by atoms with Crippen LogP contribution in [0.1, 0.15) is 6.92 Å². The van der Waals surface area contributed by atoms with Crippen LogP contribution in [0, 0.1) is 0 Å². The van der Waals surface area contributed by atoms with Crippen molar-refractivity contribution in [1.29, 1.82) is 0 Å². The second-order valence-electron chi connectivity index (χ2n) is 4.76. The molecule has 0 radical (unpaired) electrons. The Labute approximate surface area is 132 Å². The van der Waals surface area contributed by atoms with E-state index in [1.165, 1.54) is 24.0 Å². The average Bonchev–Trinajstić information content (AvgIpc) is 2.84. The summed E-state index contributed by atoms with van der Waals surface area (Å²) < 4.78 is 53.4. The van der Waals surface area contributed by atoms with E-state index >= 15 is 0 Å².